The molecule has 0 spiro atoms. The highest BCUT2D eigenvalue weighted by atomic mass is 16.5. The number of benzene rings is 1. The van der Waals surface area contributed by atoms with Crippen molar-refractivity contribution in [3.05, 3.63) is 34.9 Å². The van der Waals surface area contributed by atoms with Crippen LogP contribution in [0.3, 0.4) is 0 Å². The first-order chi connectivity index (χ1) is 8.13. The van der Waals surface area contributed by atoms with Gasteiger partial charge in [-0.15, -0.1) is 0 Å². The van der Waals surface area contributed by atoms with Crippen molar-refractivity contribution in [1.82, 2.24) is 5.32 Å². The average Bonchev–Trinajstić information content (AvgIpc) is 2.30. The number of nitrogens with zero attached hydrogens (tertiary/aromatic N) is 1. The second-order valence-corrected chi connectivity index (χ2v) is 3.60. The monoisotopic (exact) mass is 233 g/mol. The number of aryl methyl sites for hydroxylation is 1. The topological polar surface area (TPSA) is 88.1 Å². The summed E-state index contributed by atoms with van der Waals surface area (Å²) < 4.78 is 4.58. The molecule has 0 saturated heterocycles. The summed E-state index contributed by atoms with van der Waals surface area (Å²) in [5.74, 6) is 0. The van der Waals surface area contributed by atoms with Gasteiger partial charge >= 0.3 is 6.09 Å². The number of rotatable bonds is 5. The molecule has 5 nitrogen and oxygen atoms in total. The molecule has 0 unspecified atom stereocenters. The maximum absolute atomic E-state index is 10.3. The molecule has 1 aromatic rings. The van der Waals surface area contributed by atoms with Gasteiger partial charge in [0.25, 0.3) is 0 Å². The van der Waals surface area contributed by atoms with Gasteiger partial charge in [-0.05, 0) is 30.2 Å². The van der Waals surface area contributed by atoms with Crippen LogP contribution in [0.5, 0.6) is 0 Å². The van der Waals surface area contributed by atoms with Gasteiger partial charge in [0.1, 0.15) is 6.61 Å². The molecule has 0 aliphatic rings. The first-order valence-corrected chi connectivity index (χ1v) is 5.26. The van der Waals surface area contributed by atoms with Crippen LogP contribution in [-0.2, 0) is 11.3 Å². The minimum atomic E-state index is -0.763. The second kappa shape index (κ2) is 6.51. The number of nitrogens with one attached hydrogen (secondary N) is 1. The zero-order valence-corrected chi connectivity index (χ0v) is 9.69. The van der Waals surface area contributed by atoms with Gasteiger partial charge in [0.15, 0.2) is 0 Å². The van der Waals surface area contributed by atoms with Crippen molar-refractivity contribution in [3.8, 4) is 6.07 Å². The third kappa shape index (κ3) is 4.53. The first kappa shape index (κ1) is 13.0. The minimum Gasteiger partial charge on any atom is -0.448 e. The fourth-order valence-electron chi connectivity index (χ4n) is 1.41. The molecule has 17 heavy (non-hydrogen) atoms. The highest BCUT2D eigenvalue weighted by Gasteiger charge is 2.00. The number of ether oxygens (including phenoxy) is 1. The number of amides is 1. The SMILES string of the molecule is Cc1cc(C#N)ccc1CNCCOC(N)=O. The van der Waals surface area contributed by atoms with Crippen LogP contribution in [0, 0.1) is 18.3 Å². The quantitative estimate of drug-likeness (QED) is 0.744. The second-order valence-electron chi connectivity index (χ2n) is 3.60. The van der Waals surface area contributed by atoms with Gasteiger partial charge in [-0.2, -0.15) is 5.26 Å². The number of nitriles is 1. The van der Waals surface area contributed by atoms with Crippen molar-refractivity contribution in [2.45, 2.75) is 13.5 Å². The predicted molar refractivity (Wildman–Crippen MR) is 63.1 cm³/mol. The molecule has 1 amide bonds. The van der Waals surface area contributed by atoms with E-state index < -0.39 is 6.09 Å². The normalized spacial score (nSPS) is 9.65. The smallest absolute Gasteiger partial charge is 0.404 e. The molecule has 0 fully saturated rings. The van der Waals surface area contributed by atoms with Crippen LogP contribution in [0.25, 0.3) is 0 Å². The molecule has 0 heterocycles. The Morgan fingerprint density at radius 1 is 1.59 bits per heavy atom. The van der Waals surface area contributed by atoms with E-state index in [1.807, 2.05) is 19.1 Å². The zero-order valence-electron chi connectivity index (χ0n) is 9.69. The van der Waals surface area contributed by atoms with Gasteiger partial charge in [-0.3, -0.25) is 0 Å². The Balaban J connectivity index is 2.37. The molecule has 90 valence electrons. The first-order valence-electron chi connectivity index (χ1n) is 5.26. The van der Waals surface area contributed by atoms with E-state index in [1.54, 1.807) is 6.07 Å². The van der Waals surface area contributed by atoms with E-state index in [-0.39, 0.29) is 6.61 Å². The maximum atomic E-state index is 10.3. The fraction of sp³-hybridized carbons (Fsp3) is 0.333. The van der Waals surface area contributed by atoms with Gasteiger partial charge in [0.2, 0.25) is 0 Å². The highest BCUT2D eigenvalue weighted by Crippen LogP contribution is 2.09. The van der Waals surface area contributed by atoms with Gasteiger partial charge in [0, 0.05) is 13.1 Å². The summed E-state index contributed by atoms with van der Waals surface area (Å²) in [5.41, 5.74) is 7.65. The van der Waals surface area contributed by atoms with Gasteiger partial charge < -0.3 is 15.8 Å². The lowest BCUT2D eigenvalue weighted by Gasteiger charge is -2.08. The van der Waals surface area contributed by atoms with E-state index in [4.69, 9.17) is 11.0 Å². The predicted octanol–water partition coefficient (Wildman–Crippen LogP) is 1.05. The average molecular weight is 233 g/mol. The van der Waals surface area contributed by atoms with Crippen LogP contribution in [0.4, 0.5) is 4.79 Å². The summed E-state index contributed by atoms with van der Waals surface area (Å²) in [7, 11) is 0. The maximum Gasteiger partial charge on any atom is 0.404 e. The van der Waals surface area contributed by atoms with E-state index in [1.165, 1.54) is 0 Å². The number of primary amides is 1. The van der Waals surface area contributed by atoms with Crippen molar-refractivity contribution in [2.75, 3.05) is 13.2 Å². The van der Waals surface area contributed by atoms with E-state index in [9.17, 15) is 4.79 Å². The highest BCUT2D eigenvalue weighted by molar-refractivity contribution is 5.64. The lowest BCUT2D eigenvalue weighted by atomic mass is 10.1. The Hall–Kier alpha value is -2.06. The number of nitrogens with two attached hydrogens (primary N) is 1. The van der Waals surface area contributed by atoms with E-state index >= 15 is 0 Å². The Kier molecular flexibility index (Phi) is 4.98. The lowest BCUT2D eigenvalue weighted by molar-refractivity contribution is 0.157. The van der Waals surface area contributed by atoms with Crippen molar-refractivity contribution in [3.63, 3.8) is 0 Å². The Bertz CT molecular complexity index is 438. The molecule has 0 bridgehead atoms. The van der Waals surface area contributed by atoms with Crippen LogP contribution in [-0.4, -0.2) is 19.2 Å². The van der Waals surface area contributed by atoms with Gasteiger partial charge in [-0.1, -0.05) is 6.07 Å². The summed E-state index contributed by atoms with van der Waals surface area (Å²) in [6.07, 6.45) is -0.763. The number of carbonyl (C=O) groups is 1. The van der Waals surface area contributed by atoms with Crippen LogP contribution in [0.15, 0.2) is 18.2 Å². The van der Waals surface area contributed by atoms with Crippen molar-refractivity contribution in [1.29, 1.82) is 5.26 Å². The zero-order chi connectivity index (χ0) is 12.7. The Morgan fingerprint density at radius 2 is 2.35 bits per heavy atom. The van der Waals surface area contributed by atoms with E-state index in [0.717, 1.165) is 11.1 Å². The van der Waals surface area contributed by atoms with Crippen LogP contribution in [0.1, 0.15) is 16.7 Å². The number of hydrogen-bond donors (Lipinski definition) is 2. The lowest BCUT2D eigenvalue weighted by Crippen LogP contribution is -2.23. The van der Waals surface area contributed by atoms with Gasteiger partial charge in [-0.25, -0.2) is 4.79 Å². The largest absolute Gasteiger partial charge is 0.448 e. The molecule has 5 heteroatoms. The molecule has 0 saturated carbocycles. The molecule has 0 aliphatic carbocycles. The molecule has 0 aromatic heterocycles. The Labute approximate surface area is 100 Å². The summed E-state index contributed by atoms with van der Waals surface area (Å²) in [6.45, 7) is 3.42. The van der Waals surface area contributed by atoms with Crippen LogP contribution in [0.2, 0.25) is 0 Å². The van der Waals surface area contributed by atoms with Crippen molar-refractivity contribution in [2.24, 2.45) is 5.73 Å². The number of hydrogen-bond acceptors (Lipinski definition) is 4. The summed E-state index contributed by atoms with van der Waals surface area (Å²) >= 11 is 0. The Morgan fingerprint density at radius 3 is 2.94 bits per heavy atom. The van der Waals surface area contributed by atoms with Crippen molar-refractivity contribution < 1.29 is 9.53 Å². The standard InChI is InChI=1S/C12H15N3O2/c1-9-6-10(7-13)2-3-11(9)8-15-4-5-17-12(14)16/h2-3,6,15H,4-5,8H2,1H3,(H2,14,16). The number of carbonyl (C=O) groups excluding carboxylic acids is 1. The van der Waals surface area contributed by atoms with Crippen LogP contribution < -0.4 is 11.1 Å². The fourth-order valence-corrected chi connectivity index (χ4v) is 1.41. The van der Waals surface area contributed by atoms with Crippen LogP contribution >= 0.6 is 0 Å². The molecule has 1 aromatic carbocycles. The third-order valence-corrected chi connectivity index (χ3v) is 2.31. The minimum absolute atomic E-state index is 0.255. The summed E-state index contributed by atoms with van der Waals surface area (Å²) in [4.78, 5) is 10.3. The molecule has 0 aliphatic heterocycles. The molecular formula is C12H15N3O2. The van der Waals surface area contributed by atoms with E-state index in [0.29, 0.717) is 18.7 Å². The molecular weight excluding hydrogens is 218 g/mol. The third-order valence-electron chi connectivity index (χ3n) is 2.31. The molecule has 3 N–H and O–H groups in total. The van der Waals surface area contributed by atoms with E-state index in [2.05, 4.69) is 16.1 Å². The summed E-state index contributed by atoms with van der Waals surface area (Å²) in [5, 5.41) is 11.8. The van der Waals surface area contributed by atoms with Crippen molar-refractivity contribution >= 4 is 6.09 Å². The molecule has 0 atom stereocenters. The summed E-state index contributed by atoms with van der Waals surface area (Å²) in [6, 6.07) is 7.63. The molecule has 1 rings (SSSR count). The van der Waals surface area contributed by atoms with Gasteiger partial charge in [0.05, 0.1) is 11.6 Å². The molecule has 0 radical (unpaired) electrons.